The Labute approximate surface area is 129 Å². The van der Waals surface area contributed by atoms with Crippen LogP contribution in [-0.2, 0) is 0 Å². The lowest BCUT2D eigenvalue weighted by Crippen LogP contribution is -2.20. The number of hydrogen-bond acceptors (Lipinski definition) is 4. The smallest absolute Gasteiger partial charge is 0.308 e. The van der Waals surface area contributed by atoms with Crippen LogP contribution in [0.4, 0.5) is 25.0 Å². The monoisotopic (exact) mass is 316 g/mol. The second kappa shape index (κ2) is 6.18. The van der Waals surface area contributed by atoms with Crippen LogP contribution in [0.5, 0.6) is 0 Å². The van der Waals surface area contributed by atoms with Crippen molar-refractivity contribution in [2.45, 2.75) is 0 Å². The number of anilines is 2. The summed E-state index contributed by atoms with van der Waals surface area (Å²) >= 11 is 0. The van der Waals surface area contributed by atoms with Crippen LogP contribution in [0, 0.1) is 11.6 Å². The number of halogens is 2. The molecule has 0 aliphatic carbocycles. The Hall–Kier alpha value is -3.36. The highest BCUT2D eigenvalue weighted by atomic mass is 19.2. The number of aromatic nitrogens is 4. The van der Waals surface area contributed by atoms with E-state index < -0.39 is 17.7 Å². The quantitative estimate of drug-likeness (QED) is 0.778. The molecule has 9 heteroatoms. The van der Waals surface area contributed by atoms with Gasteiger partial charge in [-0.2, -0.15) is 0 Å². The number of nitrogens with one attached hydrogen (secondary N) is 2. The van der Waals surface area contributed by atoms with Gasteiger partial charge >= 0.3 is 6.03 Å². The summed E-state index contributed by atoms with van der Waals surface area (Å²) in [5.74, 6) is -1.63. The molecular formula is C14H10F2N6O. The number of nitrogens with zero attached hydrogens (tertiary/aromatic N) is 4. The van der Waals surface area contributed by atoms with Gasteiger partial charge in [-0.1, -0.05) is 0 Å². The van der Waals surface area contributed by atoms with Crippen molar-refractivity contribution in [1.29, 1.82) is 0 Å². The maximum Gasteiger partial charge on any atom is 0.323 e. The van der Waals surface area contributed by atoms with Crippen LogP contribution < -0.4 is 10.6 Å². The molecule has 2 heterocycles. The van der Waals surface area contributed by atoms with Crippen molar-refractivity contribution in [2.24, 2.45) is 0 Å². The van der Waals surface area contributed by atoms with Gasteiger partial charge in [0.15, 0.2) is 11.6 Å². The topological polar surface area (TPSA) is 84.7 Å². The van der Waals surface area contributed by atoms with E-state index in [0.717, 1.165) is 12.1 Å². The largest absolute Gasteiger partial charge is 0.323 e. The number of benzene rings is 1. The molecule has 0 aliphatic rings. The standard InChI is InChI=1S/C14H10F2N6O/c15-11-2-1-9(5-12(11)16)20-14(23)21-10-6-18-13(19-7-10)22-4-3-17-8-22/h1-8H,(H2,20,21,23). The summed E-state index contributed by atoms with van der Waals surface area (Å²) in [6.07, 6.45) is 7.63. The molecule has 0 radical (unpaired) electrons. The average Bonchev–Trinajstić information content (AvgIpc) is 3.06. The van der Waals surface area contributed by atoms with E-state index in [1.54, 1.807) is 17.0 Å². The van der Waals surface area contributed by atoms with Gasteiger partial charge in [-0.05, 0) is 12.1 Å². The van der Waals surface area contributed by atoms with Crippen molar-refractivity contribution in [3.8, 4) is 5.95 Å². The number of imidazole rings is 1. The highest BCUT2D eigenvalue weighted by molar-refractivity contribution is 5.99. The van der Waals surface area contributed by atoms with Gasteiger partial charge in [0.1, 0.15) is 6.33 Å². The Balaban J connectivity index is 1.64. The van der Waals surface area contributed by atoms with Crippen LogP contribution in [0.1, 0.15) is 0 Å². The van der Waals surface area contributed by atoms with E-state index in [4.69, 9.17) is 0 Å². The molecule has 2 N–H and O–H groups in total. The second-order valence-corrected chi connectivity index (χ2v) is 4.45. The van der Waals surface area contributed by atoms with Crippen LogP contribution in [0.2, 0.25) is 0 Å². The summed E-state index contributed by atoms with van der Waals surface area (Å²) < 4.78 is 27.5. The van der Waals surface area contributed by atoms with Crippen LogP contribution >= 0.6 is 0 Å². The molecule has 116 valence electrons. The lowest BCUT2D eigenvalue weighted by atomic mass is 10.3. The number of amides is 2. The van der Waals surface area contributed by atoms with E-state index in [-0.39, 0.29) is 5.69 Å². The molecule has 3 rings (SSSR count). The van der Waals surface area contributed by atoms with Crippen LogP contribution in [0.15, 0.2) is 49.3 Å². The maximum absolute atomic E-state index is 13.1. The van der Waals surface area contributed by atoms with Gasteiger partial charge in [0.05, 0.1) is 18.1 Å². The fourth-order valence-corrected chi connectivity index (χ4v) is 1.76. The molecule has 1 aromatic carbocycles. The third-order valence-electron chi connectivity index (χ3n) is 2.81. The van der Waals surface area contributed by atoms with Gasteiger partial charge in [-0.25, -0.2) is 28.5 Å². The van der Waals surface area contributed by atoms with Crippen molar-refractivity contribution >= 4 is 17.4 Å². The van der Waals surface area contributed by atoms with Crippen molar-refractivity contribution in [1.82, 2.24) is 19.5 Å². The van der Waals surface area contributed by atoms with Gasteiger partial charge in [0.25, 0.3) is 0 Å². The molecule has 0 aliphatic heterocycles. The number of rotatable bonds is 3. The molecule has 2 aromatic heterocycles. The molecule has 0 atom stereocenters. The summed E-state index contributed by atoms with van der Waals surface area (Å²) in [6, 6.07) is 2.42. The first-order valence-electron chi connectivity index (χ1n) is 6.45. The van der Waals surface area contributed by atoms with E-state index in [1.165, 1.54) is 24.8 Å². The SMILES string of the molecule is O=C(Nc1cnc(-n2ccnc2)nc1)Nc1ccc(F)c(F)c1. The van der Waals surface area contributed by atoms with Crippen molar-refractivity contribution in [3.63, 3.8) is 0 Å². The summed E-state index contributed by atoms with van der Waals surface area (Å²) in [4.78, 5) is 23.8. The summed E-state index contributed by atoms with van der Waals surface area (Å²) in [7, 11) is 0. The zero-order valence-electron chi connectivity index (χ0n) is 11.6. The van der Waals surface area contributed by atoms with Crippen LogP contribution in [-0.4, -0.2) is 25.6 Å². The summed E-state index contributed by atoms with van der Waals surface area (Å²) in [5.41, 5.74) is 0.464. The molecule has 23 heavy (non-hydrogen) atoms. The summed E-state index contributed by atoms with van der Waals surface area (Å²) in [5, 5.41) is 4.85. The van der Waals surface area contributed by atoms with Gasteiger partial charge in [-0.15, -0.1) is 0 Å². The first-order chi connectivity index (χ1) is 11.1. The first-order valence-corrected chi connectivity index (χ1v) is 6.45. The predicted molar refractivity (Wildman–Crippen MR) is 78.2 cm³/mol. The van der Waals surface area contributed by atoms with E-state index in [0.29, 0.717) is 11.6 Å². The van der Waals surface area contributed by atoms with E-state index in [1.807, 2.05) is 0 Å². The Morgan fingerprint density at radius 1 is 1.04 bits per heavy atom. The first kappa shape index (κ1) is 14.6. The Morgan fingerprint density at radius 2 is 1.78 bits per heavy atom. The third-order valence-corrected chi connectivity index (χ3v) is 2.81. The zero-order valence-corrected chi connectivity index (χ0v) is 11.6. The van der Waals surface area contributed by atoms with E-state index in [2.05, 4.69) is 25.6 Å². The van der Waals surface area contributed by atoms with E-state index >= 15 is 0 Å². The lowest BCUT2D eigenvalue weighted by Gasteiger charge is -2.08. The fourth-order valence-electron chi connectivity index (χ4n) is 1.76. The van der Waals surface area contributed by atoms with Crippen molar-refractivity contribution < 1.29 is 13.6 Å². The Kier molecular flexibility index (Phi) is 3.91. The van der Waals surface area contributed by atoms with Gasteiger partial charge in [0, 0.05) is 24.1 Å². The van der Waals surface area contributed by atoms with Gasteiger partial charge in [-0.3, -0.25) is 4.57 Å². The van der Waals surface area contributed by atoms with Crippen LogP contribution in [0.25, 0.3) is 5.95 Å². The zero-order chi connectivity index (χ0) is 16.2. The fraction of sp³-hybridized carbons (Fsp3) is 0. The minimum Gasteiger partial charge on any atom is -0.308 e. The molecular weight excluding hydrogens is 306 g/mol. The molecule has 0 unspecified atom stereocenters. The molecule has 0 spiro atoms. The third kappa shape index (κ3) is 3.46. The molecule has 0 saturated carbocycles. The second-order valence-electron chi connectivity index (χ2n) is 4.45. The molecule has 7 nitrogen and oxygen atoms in total. The molecule has 2 amide bonds. The van der Waals surface area contributed by atoms with Gasteiger partial charge < -0.3 is 10.6 Å². The summed E-state index contributed by atoms with van der Waals surface area (Å²) in [6.45, 7) is 0. The van der Waals surface area contributed by atoms with Crippen molar-refractivity contribution in [3.05, 3.63) is 60.9 Å². The molecule has 0 bridgehead atoms. The molecule has 3 aromatic rings. The highest BCUT2D eigenvalue weighted by Crippen LogP contribution is 2.13. The number of carbonyl (C=O) groups excluding carboxylic acids is 1. The normalized spacial score (nSPS) is 10.3. The number of urea groups is 1. The highest BCUT2D eigenvalue weighted by Gasteiger charge is 2.07. The molecule has 0 fully saturated rings. The van der Waals surface area contributed by atoms with Crippen molar-refractivity contribution in [2.75, 3.05) is 10.6 Å². The minimum absolute atomic E-state index is 0.123. The maximum atomic E-state index is 13.1. The Bertz CT molecular complexity index is 820. The lowest BCUT2D eigenvalue weighted by molar-refractivity contribution is 0.262. The Morgan fingerprint density at radius 3 is 2.43 bits per heavy atom. The molecule has 0 saturated heterocycles. The number of hydrogen-bond donors (Lipinski definition) is 2. The average molecular weight is 316 g/mol. The van der Waals surface area contributed by atoms with Gasteiger partial charge in [0.2, 0.25) is 5.95 Å². The number of carbonyl (C=O) groups is 1. The van der Waals surface area contributed by atoms with Crippen LogP contribution in [0.3, 0.4) is 0 Å². The minimum atomic E-state index is -1.05. The van der Waals surface area contributed by atoms with E-state index in [9.17, 15) is 13.6 Å². The predicted octanol–water partition coefficient (Wildman–Crippen LogP) is 2.58.